The first-order chi connectivity index (χ1) is 13.4. The monoisotopic (exact) mass is 374 g/mol. The molecule has 4 heteroatoms. The van der Waals surface area contributed by atoms with Gasteiger partial charge in [-0.05, 0) is 49.1 Å². The van der Waals surface area contributed by atoms with Crippen LogP contribution in [0.5, 0.6) is 0 Å². The summed E-state index contributed by atoms with van der Waals surface area (Å²) in [5.41, 5.74) is 8.89. The van der Waals surface area contributed by atoms with Crippen molar-refractivity contribution in [3.8, 4) is 11.1 Å². The minimum absolute atomic E-state index is 0.0180. The summed E-state index contributed by atoms with van der Waals surface area (Å²) in [6.45, 7) is 12.8. The number of carboxylic acid groups (broad SMARTS) is 1. The van der Waals surface area contributed by atoms with Gasteiger partial charge in [-0.1, -0.05) is 35.9 Å². The van der Waals surface area contributed by atoms with Crippen LogP contribution in [0, 0.1) is 20.8 Å². The second-order valence-corrected chi connectivity index (χ2v) is 7.70. The highest BCUT2D eigenvalue weighted by molar-refractivity contribution is 6.07. The maximum atomic E-state index is 11.8. The maximum Gasteiger partial charge on any atom is 0.307 e. The van der Waals surface area contributed by atoms with Gasteiger partial charge in [0.05, 0.1) is 17.6 Å². The zero-order valence-electron chi connectivity index (χ0n) is 16.7. The molecule has 0 atom stereocenters. The van der Waals surface area contributed by atoms with Gasteiger partial charge in [-0.3, -0.25) is 4.79 Å². The number of hydrogen-bond donors (Lipinski definition) is 1. The standard InChI is InChI=1S/C24H26N2O2/c1-5-10-25-11-12-26-16(3)13-20-22(18-8-6-15(2)7-9-18)19(14-21(27)28)17(4)23(25)24(20)26/h5-9,13H,1,10-12,14H2,2-4H3,(H,27,28). The molecule has 144 valence electrons. The van der Waals surface area contributed by atoms with Crippen molar-refractivity contribution < 1.29 is 9.90 Å². The zero-order chi connectivity index (χ0) is 20.0. The summed E-state index contributed by atoms with van der Waals surface area (Å²) in [5.74, 6) is -0.801. The van der Waals surface area contributed by atoms with E-state index in [1.54, 1.807) is 0 Å². The van der Waals surface area contributed by atoms with E-state index in [1.165, 1.54) is 16.8 Å². The van der Waals surface area contributed by atoms with E-state index in [9.17, 15) is 9.90 Å². The van der Waals surface area contributed by atoms with Crippen LogP contribution in [0.4, 0.5) is 5.69 Å². The number of aromatic nitrogens is 1. The lowest BCUT2D eigenvalue weighted by molar-refractivity contribution is -0.136. The highest BCUT2D eigenvalue weighted by atomic mass is 16.4. The van der Waals surface area contributed by atoms with Crippen LogP contribution in [-0.2, 0) is 17.8 Å². The van der Waals surface area contributed by atoms with Gasteiger partial charge in [0.15, 0.2) is 0 Å². The molecule has 0 radical (unpaired) electrons. The van der Waals surface area contributed by atoms with E-state index in [-0.39, 0.29) is 6.42 Å². The maximum absolute atomic E-state index is 11.8. The van der Waals surface area contributed by atoms with Crippen molar-refractivity contribution in [2.24, 2.45) is 0 Å². The number of aryl methyl sites for hydroxylation is 2. The normalized spacial score (nSPS) is 13.2. The fourth-order valence-electron chi connectivity index (χ4n) is 4.56. The molecule has 1 aromatic heterocycles. The van der Waals surface area contributed by atoms with E-state index in [1.807, 2.05) is 6.08 Å². The Morgan fingerprint density at radius 1 is 1.18 bits per heavy atom. The molecule has 0 fully saturated rings. The van der Waals surface area contributed by atoms with Gasteiger partial charge in [0.25, 0.3) is 0 Å². The highest BCUT2D eigenvalue weighted by Gasteiger charge is 2.28. The predicted octanol–water partition coefficient (Wildman–Crippen LogP) is 4.87. The number of rotatable bonds is 5. The molecule has 1 aliphatic heterocycles. The molecule has 1 N–H and O–H groups in total. The zero-order valence-corrected chi connectivity index (χ0v) is 16.7. The van der Waals surface area contributed by atoms with Crippen LogP contribution in [-0.4, -0.2) is 28.7 Å². The third-order valence-electron chi connectivity index (χ3n) is 5.83. The minimum Gasteiger partial charge on any atom is -0.481 e. The van der Waals surface area contributed by atoms with Crippen LogP contribution in [0.2, 0.25) is 0 Å². The summed E-state index contributed by atoms with van der Waals surface area (Å²) in [6, 6.07) is 10.6. The molecule has 28 heavy (non-hydrogen) atoms. The van der Waals surface area contributed by atoms with Gasteiger partial charge in [0, 0.05) is 30.7 Å². The van der Waals surface area contributed by atoms with Crippen LogP contribution in [0.15, 0.2) is 43.0 Å². The molecular weight excluding hydrogens is 348 g/mol. The van der Waals surface area contributed by atoms with Crippen LogP contribution in [0.3, 0.4) is 0 Å². The Kier molecular flexibility index (Phi) is 4.50. The van der Waals surface area contributed by atoms with Crippen LogP contribution in [0.1, 0.15) is 22.4 Å². The van der Waals surface area contributed by atoms with Crippen molar-refractivity contribution >= 4 is 22.6 Å². The van der Waals surface area contributed by atoms with E-state index in [2.05, 4.69) is 67.1 Å². The summed E-state index contributed by atoms with van der Waals surface area (Å²) in [5, 5.41) is 10.8. The summed E-state index contributed by atoms with van der Waals surface area (Å²) in [6.07, 6.45) is 1.94. The quantitative estimate of drug-likeness (QED) is 0.648. The van der Waals surface area contributed by atoms with E-state index < -0.39 is 5.97 Å². The van der Waals surface area contributed by atoms with Gasteiger partial charge in [-0.15, -0.1) is 6.58 Å². The van der Waals surface area contributed by atoms with Crippen molar-refractivity contribution in [1.29, 1.82) is 0 Å². The Bertz CT molecular complexity index is 1090. The van der Waals surface area contributed by atoms with E-state index in [0.29, 0.717) is 0 Å². The number of nitrogens with zero attached hydrogens (tertiary/aromatic N) is 2. The van der Waals surface area contributed by atoms with Gasteiger partial charge in [0.2, 0.25) is 0 Å². The molecule has 0 amide bonds. The molecular formula is C24H26N2O2. The summed E-state index contributed by atoms with van der Waals surface area (Å²) >= 11 is 0. The third-order valence-corrected chi connectivity index (χ3v) is 5.83. The highest BCUT2D eigenvalue weighted by Crippen LogP contribution is 2.44. The summed E-state index contributed by atoms with van der Waals surface area (Å²) < 4.78 is 2.37. The smallest absolute Gasteiger partial charge is 0.307 e. The number of anilines is 1. The largest absolute Gasteiger partial charge is 0.481 e. The van der Waals surface area contributed by atoms with Crippen molar-refractivity contribution in [2.45, 2.75) is 33.7 Å². The average Bonchev–Trinajstić information content (AvgIpc) is 2.98. The summed E-state index contributed by atoms with van der Waals surface area (Å²) in [4.78, 5) is 14.1. The first kappa shape index (κ1) is 18.4. The molecule has 2 heterocycles. The topological polar surface area (TPSA) is 45.5 Å². The Morgan fingerprint density at radius 2 is 1.89 bits per heavy atom. The van der Waals surface area contributed by atoms with Crippen molar-refractivity contribution in [2.75, 3.05) is 18.0 Å². The SMILES string of the molecule is C=CCN1CCn2c(C)cc3c(-c4ccc(C)cc4)c(CC(=O)O)c(C)c1c32. The molecule has 0 aliphatic carbocycles. The minimum atomic E-state index is -0.801. The first-order valence-corrected chi connectivity index (χ1v) is 9.72. The fraction of sp³-hybridized carbons (Fsp3) is 0.292. The molecule has 0 unspecified atom stereocenters. The Morgan fingerprint density at radius 3 is 2.54 bits per heavy atom. The van der Waals surface area contributed by atoms with Crippen LogP contribution >= 0.6 is 0 Å². The van der Waals surface area contributed by atoms with Gasteiger partial charge >= 0.3 is 5.97 Å². The van der Waals surface area contributed by atoms with Crippen molar-refractivity contribution in [1.82, 2.24) is 4.57 Å². The predicted molar refractivity (Wildman–Crippen MR) is 115 cm³/mol. The number of carboxylic acids is 1. The van der Waals surface area contributed by atoms with Crippen LogP contribution in [0.25, 0.3) is 22.0 Å². The summed E-state index contributed by atoms with van der Waals surface area (Å²) in [7, 11) is 0. The molecule has 2 aromatic carbocycles. The molecule has 4 rings (SSSR count). The average molecular weight is 374 g/mol. The van der Waals surface area contributed by atoms with E-state index >= 15 is 0 Å². The molecule has 0 spiro atoms. The van der Waals surface area contributed by atoms with Gasteiger partial charge in [-0.2, -0.15) is 0 Å². The van der Waals surface area contributed by atoms with E-state index in [4.69, 9.17) is 0 Å². The second kappa shape index (κ2) is 6.86. The van der Waals surface area contributed by atoms with Crippen molar-refractivity contribution in [3.63, 3.8) is 0 Å². The van der Waals surface area contributed by atoms with Gasteiger partial charge in [-0.25, -0.2) is 0 Å². The molecule has 4 nitrogen and oxygen atoms in total. The number of hydrogen-bond acceptors (Lipinski definition) is 2. The van der Waals surface area contributed by atoms with Gasteiger partial charge < -0.3 is 14.6 Å². The van der Waals surface area contributed by atoms with E-state index in [0.717, 1.165) is 53.0 Å². The Hall–Kier alpha value is -3.01. The number of carbonyl (C=O) groups is 1. The van der Waals surface area contributed by atoms with Crippen LogP contribution < -0.4 is 4.90 Å². The first-order valence-electron chi connectivity index (χ1n) is 9.72. The lowest BCUT2D eigenvalue weighted by atomic mass is 9.88. The van der Waals surface area contributed by atoms with Gasteiger partial charge in [0.1, 0.15) is 0 Å². The lowest BCUT2D eigenvalue weighted by Gasteiger charge is -2.33. The molecule has 0 saturated carbocycles. The molecule has 3 aromatic rings. The number of benzene rings is 2. The molecule has 0 saturated heterocycles. The Balaban J connectivity index is 2.12. The second-order valence-electron chi connectivity index (χ2n) is 7.70. The Labute approximate surface area is 165 Å². The molecule has 0 bridgehead atoms. The molecule has 1 aliphatic rings. The number of aliphatic carboxylic acids is 1. The lowest BCUT2D eigenvalue weighted by Crippen LogP contribution is -2.33. The third kappa shape index (κ3) is 2.80. The fourth-order valence-corrected chi connectivity index (χ4v) is 4.56. The van der Waals surface area contributed by atoms with Crippen molar-refractivity contribution in [3.05, 3.63) is 65.4 Å².